The number of hydrogen-bond acceptors (Lipinski definition) is 4. The minimum absolute atomic E-state index is 0.0984. The Morgan fingerprint density at radius 3 is 2.84 bits per heavy atom. The molecule has 0 saturated carbocycles. The molecule has 0 unspecified atom stereocenters. The summed E-state index contributed by atoms with van der Waals surface area (Å²) < 4.78 is 7.28. The van der Waals surface area contributed by atoms with E-state index in [2.05, 4.69) is 20.7 Å². The average Bonchev–Trinajstić information content (AvgIpc) is 3.05. The number of hydrogen-bond donors (Lipinski definition) is 2. The molecule has 0 fully saturated rings. The summed E-state index contributed by atoms with van der Waals surface area (Å²) >= 11 is 0. The van der Waals surface area contributed by atoms with Crippen molar-refractivity contribution in [2.75, 3.05) is 11.9 Å². The molecule has 2 heterocycles. The van der Waals surface area contributed by atoms with E-state index in [4.69, 9.17) is 4.74 Å². The van der Waals surface area contributed by atoms with Crippen LogP contribution in [0, 0.1) is 0 Å². The topological polar surface area (TPSA) is 81.1 Å². The van der Waals surface area contributed by atoms with Crippen molar-refractivity contribution in [3.63, 3.8) is 0 Å². The summed E-state index contributed by atoms with van der Waals surface area (Å²) in [4.78, 5) is 16.9. The molecule has 134 valence electrons. The van der Waals surface area contributed by atoms with Gasteiger partial charge in [-0.05, 0) is 37.5 Å². The lowest BCUT2D eigenvalue weighted by molar-refractivity contribution is 0.134. The highest BCUT2D eigenvalue weighted by molar-refractivity contribution is 5.89. The fourth-order valence-electron chi connectivity index (χ4n) is 2.92. The van der Waals surface area contributed by atoms with Crippen molar-refractivity contribution in [2.24, 2.45) is 0 Å². The number of aromatic nitrogens is 3. The van der Waals surface area contributed by atoms with Gasteiger partial charge >= 0.3 is 6.03 Å². The van der Waals surface area contributed by atoms with Gasteiger partial charge in [0.2, 0.25) is 0 Å². The molecule has 1 aliphatic rings. The van der Waals surface area contributed by atoms with Crippen LogP contribution in [-0.2, 0) is 24.3 Å². The van der Waals surface area contributed by atoms with Gasteiger partial charge in [-0.2, -0.15) is 5.10 Å². The van der Waals surface area contributed by atoms with Gasteiger partial charge in [0.1, 0.15) is 5.82 Å². The average molecular weight is 343 g/mol. The number of rotatable bonds is 6. The first-order chi connectivity index (χ1) is 12.2. The molecule has 0 aliphatic carbocycles. The van der Waals surface area contributed by atoms with Crippen molar-refractivity contribution in [2.45, 2.75) is 52.3 Å². The van der Waals surface area contributed by atoms with Gasteiger partial charge in [-0.15, -0.1) is 0 Å². The van der Waals surface area contributed by atoms with Crippen molar-refractivity contribution in [1.82, 2.24) is 20.1 Å². The van der Waals surface area contributed by atoms with E-state index >= 15 is 0 Å². The largest absolute Gasteiger partial charge is 0.377 e. The third kappa shape index (κ3) is 4.36. The molecule has 7 nitrogen and oxygen atoms in total. The quantitative estimate of drug-likeness (QED) is 0.845. The Labute approximate surface area is 147 Å². The number of amides is 2. The third-order valence-corrected chi connectivity index (χ3v) is 4.22. The van der Waals surface area contributed by atoms with E-state index < -0.39 is 0 Å². The summed E-state index contributed by atoms with van der Waals surface area (Å²) in [6.45, 7) is 6.14. The van der Waals surface area contributed by atoms with Gasteiger partial charge in [-0.25, -0.2) is 14.5 Å². The second kappa shape index (κ2) is 8.11. The summed E-state index contributed by atoms with van der Waals surface area (Å²) in [7, 11) is 0. The van der Waals surface area contributed by atoms with Crippen LogP contribution in [0.25, 0.3) is 0 Å². The molecule has 0 spiro atoms. The van der Waals surface area contributed by atoms with Gasteiger partial charge in [0.15, 0.2) is 5.82 Å². The van der Waals surface area contributed by atoms with Crippen LogP contribution in [0.15, 0.2) is 24.3 Å². The number of nitrogens with one attached hydrogen (secondary N) is 2. The molecule has 2 amide bonds. The number of carbonyl (C=O) groups is 1. The number of carbonyl (C=O) groups excluding carboxylic acids is 1. The number of urea groups is 1. The molecule has 3 rings (SSSR count). The second-order valence-corrected chi connectivity index (χ2v) is 6.09. The Morgan fingerprint density at radius 2 is 2.12 bits per heavy atom. The van der Waals surface area contributed by atoms with E-state index in [-0.39, 0.29) is 12.1 Å². The molecule has 0 bridgehead atoms. The van der Waals surface area contributed by atoms with E-state index in [1.807, 2.05) is 42.8 Å². The molecular formula is C18H25N5O2. The Kier molecular flexibility index (Phi) is 5.65. The first kappa shape index (κ1) is 17.4. The lowest BCUT2D eigenvalue weighted by Gasteiger charge is -2.23. The predicted octanol–water partition coefficient (Wildman–Crippen LogP) is 3.03. The van der Waals surface area contributed by atoms with Gasteiger partial charge < -0.3 is 15.4 Å². The summed E-state index contributed by atoms with van der Waals surface area (Å²) in [5.74, 6) is 1.68. The maximum absolute atomic E-state index is 12.3. The third-order valence-electron chi connectivity index (χ3n) is 4.22. The van der Waals surface area contributed by atoms with Crippen LogP contribution in [0.5, 0.6) is 0 Å². The Bertz CT molecular complexity index is 711. The minimum atomic E-state index is -0.225. The van der Waals surface area contributed by atoms with Crippen molar-refractivity contribution in [1.29, 1.82) is 0 Å². The molecule has 7 heteroatoms. The number of anilines is 1. The fourth-order valence-corrected chi connectivity index (χ4v) is 2.92. The van der Waals surface area contributed by atoms with Gasteiger partial charge in [0.05, 0.1) is 12.6 Å². The van der Waals surface area contributed by atoms with Crippen molar-refractivity contribution in [3.05, 3.63) is 41.5 Å². The molecule has 1 aromatic heterocycles. The zero-order valence-electron chi connectivity index (χ0n) is 14.8. The molecule has 2 aromatic rings. The molecular weight excluding hydrogens is 318 g/mol. The summed E-state index contributed by atoms with van der Waals surface area (Å²) in [5.41, 5.74) is 1.84. The molecule has 25 heavy (non-hydrogen) atoms. The first-order valence-corrected chi connectivity index (χ1v) is 8.87. The zero-order valence-corrected chi connectivity index (χ0v) is 14.8. The minimum Gasteiger partial charge on any atom is -0.377 e. The summed E-state index contributed by atoms with van der Waals surface area (Å²) in [6.07, 6.45) is 2.66. The highest BCUT2D eigenvalue weighted by Gasteiger charge is 2.25. The summed E-state index contributed by atoms with van der Waals surface area (Å²) in [5, 5.41) is 10.4. The zero-order chi connectivity index (χ0) is 17.6. The monoisotopic (exact) mass is 343 g/mol. The van der Waals surface area contributed by atoms with Gasteiger partial charge in [-0.3, -0.25) is 0 Å². The van der Waals surface area contributed by atoms with E-state index in [0.29, 0.717) is 13.2 Å². The van der Waals surface area contributed by atoms with Crippen LogP contribution in [0.4, 0.5) is 10.5 Å². The van der Waals surface area contributed by atoms with Crippen LogP contribution in [0.3, 0.4) is 0 Å². The van der Waals surface area contributed by atoms with Gasteiger partial charge in [0.25, 0.3) is 0 Å². The maximum Gasteiger partial charge on any atom is 0.319 e. The van der Waals surface area contributed by atoms with Crippen LogP contribution in [0.2, 0.25) is 0 Å². The number of fused-ring (bicyclic) bond motifs is 1. The predicted molar refractivity (Wildman–Crippen MR) is 95.3 cm³/mol. The number of aryl methyl sites for hydroxylation is 2. The molecule has 1 aromatic carbocycles. The Morgan fingerprint density at radius 1 is 1.32 bits per heavy atom. The molecule has 2 N–H and O–H groups in total. The molecule has 0 saturated heterocycles. The highest BCUT2D eigenvalue weighted by Crippen LogP contribution is 2.23. The second-order valence-electron chi connectivity index (χ2n) is 6.09. The fraction of sp³-hybridized carbons (Fsp3) is 0.500. The van der Waals surface area contributed by atoms with E-state index in [0.717, 1.165) is 48.7 Å². The first-order valence-electron chi connectivity index (χ1n) is 8.87. The highest BCUT2D eigenvalue weighted by atomic mass is 16.5. The number of nitrogens with zero attached hydrogens (tertiary/aromatic N) is 3. The summed E-state index contributed by atoms with van der Waals surface area (Å²) in [6, 6.07) is 7.35. The molecule has 1 aliphatic heterocycles. The van der Waals surface area contributed by atoms with Crippen LogP contribution >= 0.6 is 0 Å². The van der Waals surface area contributed by atoms with E-state index in [1.54, 1.807) is 0 Å². The van der Waals surface area contributed by atoms with Crippen LogP contribution in [-0.4, -0.2) is 27.4 Å². The van der Waals surface area contributed by atoms with Gasteiger partial charge in [0, 0.05) is 25.3 Å². The van der Waals surface area contributed by atoms with Gasteiger partial charge in [-0.1, -0.05) is 19.1 Å². The lowest BCUT2D eigenvalue weighted by Crippen LogP contribution is -2.36. The van der Waals surface area contributed by atoms with E-state index in [1.165, 1.54) is 0 Å². The lowest BCUT2D eigenvalue weighted by atomic mass is 10.1. The smallest absolute Gasteiger partial charge is 0.319 e. The van der Waals surface area contributed by atoms with Crippen LogP contribution < -0.4 is 10.6 Å². The Balaban J connectivity index is 1.59. The van der Waals surface area contributed by atoms with E-state index in [9.17, 15) is 4.79 Å². The standard InChI is InChI=1S/C18H25N5O2/c1-3-16-21-17-15(6-5-11-23(17)22-16)20-18(24)19-14-9-7-13(8-10-14)12-25-4-2/h7-10,15H,3-6,11-12H2,1-2H3,(H2,19,20,24)/t15-/m1/s1. The van der Waals surface area contributed by atoms with Crippen molar-refractivity contribution in [3.8, 4) is 0 Å². The number of benzene rings is 1. The maximum atomic E-state index is 12.3. The molecule has 0 radical (unpaired) electrons. The molecule has 1 atom stereocenters. The SMILES string of the molecule is CCOCc1ccc(NC(=O)N[C@@H]2CCCn3nc(CC)nc32)cc1. The normalized spacial score (nSPS) is 16.3. The van der Waals surface area contributed by atoms with Crippen molar-refractivity contribution < 1.29 is 9.53 Å². The van der Waals surface area contributed by atoms with Crippen LogP contribution in [0.1, 0.15) is 49.9 Å². The Hall–Kier alpha value is -2.41. The van der Waals surface area contributed by atoms with Crippen molar-refractivity contribution >= 4 is 11.7 Å². The number of ether oxygens (including phenoxy) is 1.